The summed E-state index contributed by atoms with van der Waals surface area (Å²) in [5.74, 6) is -0.0937. The van der Waals surface area contributed by atoms with Crippen molar-refractivity contribution in [1.29, 1.82) is 0 Å². The van der Waals surface area contributed by atoms with E-state index in [9.17, 15) is 4.39 Å². The second-order valence-corrected chi connectivity index (χ2v) is 6.52. The number of benzene rings is 1. The third kappa shape index (κ3) is 1.55. The number of hydrogen-bond acceptors (Lipinski definition) is 1. The van der Waals surface area contributed by atoms with Crippen LogP contribution in [0.5, 0.6) is 0 Å². The molecule has 1 aromatic heterocycles. The first kappa shape index (κ1) is 9.59. The van der Waals surface area contributed by atoms with Crippen LogP contribution in [0.1, 0.15) is 10.0 Å². The fourth-order valence-corrected chi connectivity index (χ4v) is 5.05. The maximum absolute atomic E-state index is 13.1. The number of rotatable bonds is 0. The molecule has 3 heteroatoms. The molecule has 0 saturated heterocycles. The molecule has 0 radical (unpaired) electrons. The Morgan fingerprint density at radius 3 is 3.13 bits per heavy atom. The van der Waals surface area contributed by atoms with Gasteiger partial charge in [-0.25, -0.2) is 0 Å². The van der Waals surface area contributed by atoms with Crippen molar-refractivity contribution in [2.24, 2.45) is 0 Å². The van der Waals surface area contributed by atoms with E-state index in [4.69, 9.17) is 0 Å². The van der Waals surface area contributed by atoms with Crippen LogP contribution in [0.4, 0.5) is 4.39 Å². The van der Waals surface area contributed by atoms with Gasteiger partial charge in [-0.3, -0.25) is 0 Å². The average molecular weight is 268 g/mol. The molecule has 2 heterocycles. The van der Waals surface area contributed by atoms with Crippen LogP contribution in [0, 0.1) is 5.82 Å². The topological polar surface area (TPSA) is 3.24 Å². The Bertz CT molecular complexity index is 518. The molecule has 0 spiro atoms. The van der Waals surface area contributed by atoms with Crippen LogP contribution in [-0.4, -0.2) is 33.0 Å². The van der Waals surface area contributed by atoms with E-state index < -0.39 is 0 Å². The van der Waals surface area contributed by atoms with Crippen molar-refractivity contribution < 1.29 is 4.39 Å². The molecule has 1 aliphatic rings. The van der Waals surface area contributed by atoms with Crippen molar-refractivity contribution in [3.8, 4) is 0 Å². The van der Waals surface area contributed by atoms with Crippen LogP contribution in [0.2, 0.25) is 0 Å². The van der Waals surface area contributed by atoms with Gasteiger partial charge in [-0.2, -0.15) is 0 Å². The summed E-state index contributed by atoms with van der Waals surface area (Å²) in [7, 11) is 2.16. The SMILES string of the molecule is CN1CCc2c([se]c3cc(F)ccc23)C1. The molecule has 2 aromatic rings. The summed E-state index contributed by atoms with van der Waals surface area (Å²) in [5.41, 5.74) is 1.50. The fourth-order valence-electron chi connectivity index (χ4n) is 2.20. The van der Waals surface area contributed by atoms with E-state index in [2.05, 4.69) is 11.9 Å². The Hall–Kier alpha value is -0.631. The number of likely N-dealkylation sites (N-methyl/N-ethyl adjacent to an activating group) is 1. The van der Waals surface area contributed by atoms with Gasteiger partial charge in [0.2, 0.25) is 0 Å². The van der Waals surface area contributed by atoms with Crippen LogP contribution < -0.4 is 0 Å². The average Bonchev–Trinajstić information content (AvgIpc) is 2.53. The predicted molar refractivity (Wildman–Crippen MR) is 60.9 cm³/mol. The second-order valence-electron chi connectivity index (χ2n) is 4.13. The van der Waals surface area contributed by atoms with Crippen LogP contribution in [-0.2, 0) is 13.0 Å². The van der Waals surface area contributed by atoms with Crippen molar-refractivity contribution in [2.75, 3.05) is 13.6 Å². The first-order valence-electron chi connectivity index (χ1n) is 5.12. The Morgan fingerprint density at radius 2 is 2.27 bits per heavy atom. The van der Waals surface area contributed by atoms with Gasteiger partial charge in [0, 0.05) is 0 Å². The quantitative estimate of drug-likeness (QED) is 0.661. The number of fused-ring (bicyclic) bond motifs is 3. The molecule has 0 fully saturated rings. The van der Waals surface area contributed by atoms with E-state index in [-0.39, 0.29) is 5.82 Å². The van der Waals surface area contributed by atoms with Crippen molar-refractivity contribution in [2.45, 2.75) is 13.0 Å². The summed E-state index contributed by atoms with van der Waals surface area (Å²) in [6, 6.07) is 5.26. The van der Waals surface area contributed by atoms with E-state index in [0.29, 0.717) is 14.5 Å². The van der Waals surface area contributed by atoms with Gasteiger partial charge in [-0.15, -0.1) is 0 Å². The second kappa shape index (κ2) is 3.44. The number of hydrogen-bond donors (Lipinski definition) is 0. The third-order valence-corrected chi connectivity index (χ3v) is 5.47. The minimum absolute atomic E-state index is 0.0937. The molecule has 3 rings (SSSR count). The Kier molecular flexibility index (Phi) is 2.20. The van der Waals surface area contributed by atoms with Gasteiger partial charge >= 0.3 is 94.0 Å². The summed E-state index contributed by atoms with van der Waals surface area (Å²) < 4.78 is 15.9. The summed E-state index contributed by atoms with van der Waals surface area (Å²) in [6.07, 6.45) is 1.13. The zero-order valence-corrected chi connectivity index (χ0v) is 10.3. The summed E-state index contributed by atoms with van der Waals surface area (Å²) in [5, 5.41) is 1.32. The van der Waals surface area contributed by atoms with Crippen LogP contribution >= 0.6 is 0 Å². The van der Waals surface area contributed by atoms with Crippen molar-refractivity contribution in [3.05, 3.63) is 34.0 Å². The summed E-state index contributed by atoms with van der Waals surface area (Å²) >= 11 is 0.363. The van der Waals surface area contributed by atoms with Crippen LogP contribution in [0.3, 0.4) is 0 Å². The zero-order valence-electron chi connectivity index (χ0n) is 8.59. The molecule has 0 atom stereocenters. The molecular weight excluding hydrogens is 256 g/mol. The molecule has 0 aliphatic carbocycles. The molecule has 78 valence electrons. The van der Waals surface area contributed by atoms with E-state index in [0.717, 1.165) is 19.5 Å². The molecular formula is C12H12FNSe. The van der Waals surface area contributed by atoms with Gasteiger partial charge < -0.3 is 0 Å². The molecule has 0 unspecified atom stereocenters. The van der Waals surface area contributed by atoms with Gasteiger partial charge in [0.05, 0.1) is 0 Å². The molecule has 0 saturated carbocycles. The van der Waals surface area contributed by atoms with Crippen LogP contribution in [0.25, 0.3) is 9.65 Å². The molecule has 15 heavy (non-hydrogen) atoms. The first-order chi connectivity index (χ1) is 7.24. The number of nitrogens with zero attached hydrogens (tertiary/aromatic N) is 1. The van der Waals surface area contributed by atoms with Gasteiger partial charge in [-0.1, -0.05) is 0 Å². The molecule has 0 N–H and O–H groups in total. The Labute approximate surface area is 94.2 Å². The standard InChI is InChI=1S/C12H12FNSe/c1-14-5-4-10-9-3-2-8(13)6-11(9)15-12(10)7-14/h2-3,6H,4-5,7H2,1H3. The van der Waals surface area contributed by atoms with E-state index >= 15 is 0 Å². The van der Waals surface area contributed by atoms with E-state index in [1.807, 2.05) is 6.07 Å². The van der Waals surface area contributed by atoms with Gasteiger partial charge in [-0.05, 0) is 0 Å². The Morgan fingerprint density at radius 1 is 1.40 bits per heavy atom. The number of halogens is 1. The van der Waals surface area contributed by atoms with Gasteiger partial charge in [0.15, 0.2) is 0 Å². The molecule has 1 aliphatic heterocycles. The zero-order chi connectivity index (χ0) is 10.4. The van der Waals surface area contributed by atoms with Crippen LogP contribution in [0.15, 0.2) is 18.2 Å². The minimum atomic E-state index is -0.0937. The summed E-state index contributed by atoms with van der Waals surface area (Å²) in [4.78, 5) is 2.35. The molecule has 1 aromatic carbocycles. The Balaban J connectivity index is 2.23. The molecule has 0 amide bonds. The monoisotopic (exact) mass is 269 g/mol. The van der Waals surface area contributed by atoms with Gasteiger partial charge in [0.1, 0.15) is 0 Å². The van der Waals surface area contributed by atoms with Crippen molar-refractivity contribution >= 4 is 24.1 Å². The fraction of sp³-hybridized carbons (Fsp3) is 0.333. The molecule has 0 bridgehead atoms. The summed E-state index contributed by atoms with van der Waals surface area (Å²) in [6.45, 7) is 2.21. The molecule has 1 nitrogen and oxygen atoms in total. The van der Waals surface area contributed by atoms with Gasteiger partial charge in [0.25, 0.3) is 0 Å². The predicted octanol–water partition coefficient (Wildman–Crippen LogP) is 2.02. The maximum atomic E-state index is 13.1. The van der Waals surface area contributed by atoms with Crippen molar-refractivity contribution in [3.63, 3.8) is 0 Å². The normalized spacial score (nSPS) is 16.9. The van der Waals surface area contributed by atoms with Crippen molar-refractivity contribution in [1.82, 2.24) is 4.90 Å². The van der Waals surface area contributed by atoms with E-state index in [1.54, 1.807) is 16.6 Å². The third-order valence-electron chi connectivity index (χ3n) is 3.00. The first-order valence-corrected chi connectivity index (χ1v) is 6.84. The van der Waals surface area contributed by atoms with E-state index in [1.165, 1.54) is 15.2 Å².